The zero-order valence-electron chi connectivity index (χ0n) is 10.6. The van der Waals surface area contributed by atoms with Crippen LogP contribution in [-0.2, 0) is 0 Å². The average molecular weight is 250 g/mol. The molecule has 2 nitrogen and oxygen atoms in total. The second-order valence-corrected chi connectivity index (χ2v) is 5.93. The number of aryl methyl sites for hydroxylation is 1. The van der Waals surface area contributed by atoms with Gasteiger partial charge in [0.05, 0.1) is 0 Å². The third-order valence-corrected chi connectivity index (χ3v) is 4.39. The molecule has 1 aromatic carbocycles. The van der Waals surface area contributed by atoms with Gasteiger partial charge >= 0.3 is 0 Å². The summed E-state index contributed by atoms with van der Waals surface area (Å²) in [4.78, 5) is 2.54. The SMILES string of the molecule is Cc1ccccc1C(N)CCN1CCSCC1. The van der Waals surface area contributed by atoms with E-state index in [0.717, 1.165) is 13.0 Å². The van der Waals surface area contributed by atoms with Crippen LogP contribution in [0.25, 0.3) is 0 Å². The molecule has 2 N–H and O–H groups in total. The van der Waals surface area contributed by atoms with Gasteiger partial charge in [-0.2, -0.15) is 11.8 Å². The summed E-state index contributed by atoms with van der Waals surface area (Å²) in [5, 5.41) is 0. The highest BCUT2D eigenvalue weighted by Gasteiger charge is 2.13. The molecule has 3 heteroatoms. The van der Waals surface area contributed by atoms with Crippen molar-refractivity contribution in [2.75, 3.05) is 31.1 Å². The standard InChI is InChI=1S/C14H22N2S/c1-12-4-2-3-5-13(12)14(15)6-7-16-8-10-17-11-9-16/h2-5,14H,6-11,15H2,1H3. The monoisotopic (exact) mass is 250 g/mol. The number of hydrogen-bond acceptors (Lipinski definition) is 3. The molecule has 0 aromatic heterocycles. The van der Waals surface area contributed by atoms with E-state index in [2.05, 4.69) is 47.9 Å². The smallest absolute Gasteiger partial charge is 0.0309 e. The highest BCUT2D eigenvalue weighted by molar-refractivity contribution is 7.99. The van der Waals surface area contributed by atoms with Crippen molar-refractivity contribution >= 4 is 11.8 Å². The molecule has 1 unspecified atom stereocenters. The van der Waals surface area contributed by atoms with Crippen molar-refractivity contribution < 1.29 is 0 Å². The Labute approximate surface area is 109 Å². The van der Waals surface area contributed by atoms with E-state index in [9.17, 15) is 0 Å². The summed E-state index contributed by atoms with van der Waals surface area (Å²) >= 11 is 2.06. The van der Waals surface area contributed by atoms with Gasteiger partial charge < -0.3 is 10.6 Å². The second-order valence-electron chi connectivity index (χ2n) is 4.71. The molecule has 2 rings (SSSR count). The molecular formula is C14H22N2S. The van der Waals surface area contributed by atoms with Gasteiger partial charge in [-0.15, -0.1) is 0 Å². The third kappa shape index (κ3) is 3.73. The van der Waals surface area contributed by atoms with E-state index in [1.54, 1.807) is 0 Å². The summed E-state index contributed by atoms with van der Waals surface area (Å²) in [6, 6.07) is 8.65. The Hall–Kier alpha value is -0.510. The Balaban J connectivity index is 1.84. The first-order valence-electron chi connectivity index (χ1n) is 6.38. The summed E-state index contributed by atoms with van der Waals surface area (Å²) in [5.41, 5.74) is 8.90. The summed E-state index contributed by atoms with van der Waals surface area (Å²) in [5.74, 6) is 2.55. The van der Waals surface area contributed by atoms with Gasteiger partial charge in [-0.1, -0.05) is 24.3 Å². The molecule has 0 spiro atoms. The van der Waals surface area contributed by atoms with Gasteiger partial charge in [-0.25, -0.2) is 0 Å². The van der Waals surface area contributed by atoms with E-state index < -0.39 is 0 Å². The van der Waals surface area contributed by atoms with Crippen LogP contribution in [0, 0.1) is 6.92 Å². The minimum atomic E-state index is 0.186. The van der Waals surface area contributed by atoms with Crippen LogP contribution in [0.3, 0.4) is 0 Å². The van der Waals surface area contributed by atoms with Crippen molar-refractivity contribution in [2.45, 2.75) is 19.4 Å². The van der Waals surface area contributed by atoms with Gasteiger partial charge in [0.2, 0.25) is 0 Å². The zero-order chi connectivity index (χ0) is 12.1. The first kappa shape index (κ1) is 12.9. The number of hydrogen-bond donors (Lipinski definition) is 1. The van der Waals surface area contributed by atoms with Crippen LogP contribution in [0.5, 0.6) is 0 Å². The van der Waals surface area contributed by atoms with Crippen LogP contribution in [0.2, 0.25) is 0 Å². The Morgan fingerprint density at radius 2 is 2.00 bits per heavy atom. The molecule has 1 saturated heterocycles. The Morgan fingerprint density at radius 3 is 2.71 bits per heavy atom. The lowest BCUT2D eigenvalue weighted by molar-refractivity contribution is 0.289. The molecule has 0 bridgehead atoms. The normalized spacial score (nSPS) is 19.2. The fraction of sp³-hybridized carbons (Fsp3) is 0.571. The Morgan fingerprint density at radius 1 is 1.29 bits per heavy atom. The quantitative estimate of drug-likeness (QED) is 0.890. The molecule has 0 radical (unpaired) electrons. The molecule has 1 aromatic rings. The van der Waals surface area contributed by atoms with E-state index in [0.29, 0.717) is 0 Å². The fourth-order valence-corrected chi connectivity index (χ4v) is 3.28. The fourth-order valence-electron chi connectivity index (χ4n) is 2.30. The minimum absolute atomic E-state index is 0.186. The largest absolute Gasteiger partial charge is 0.324 e. The Bertz CT molecular complexity index is 348. The van der Waals surface area contributed by atoms with Crippen molar-refractivity contribution in [3.05, 3.63) is 35.4 Å². The predicted molar refractivity (Wildman–Crippen MR) is 76.5 cm³/mol. The van der Waals surface area contributed by atoms with E-state index >= 15 is 0 Å². The van der Waals surface area contributed by atoms with Crippen LogP contribution >= 0.6 is 11.8 Å². The third-order valence-electron chi connectivity index (χ3n) is 3.45. The molecule has 1 fully saturated rings. The number of thioether (sulfide) groups is 1. The lowest BCUT2D eigenvalue weighted by Gasteiger charge is -2.27. The van der Waals surface area contributed by atoms with Gasteiger partial charge in [-0.05, 0) is 24.5 Å². The second kappa shape index (κ2) is 6.43. The van der Waals surface area contributed by atoms with E-state index in [-0.39, 0.29) is 6.04 Å². The van der Waals surface area contributed by atoms with Gasteiger partial charge in [0, 0.05) is 37.2 Å². The van der Waals surface area contributed by atoms with Crippen LogP contribution in [-0.4, -0.2) is 36.0 Å². The Kier molecular flexibility index (Phi) is 4.89. The molecule has 0 aliphatic carbocycles. The maximum absolute atomic E-state index is 6.28. The van der Waals surface area contributed by atoms with Crippen LogP contribution < -0.4 is 5.73 Å². The van der Waals surface area contributed by atoms with Gasteiger partial charge in [0.1, 0.15) is 0 Å². The minimum Gasteiger partial charge on any atom is -0.324 e. The van der Waals surface area contributed by atoms with Gasteiger partial charge in [-0.3, -0.25) is 0 Å². The molecular weight excluding hydrogens is 228 g/mol. The number of nitrogens with zero attached hydrogens (tertiary/aromatic N) is 1. The molecule has 1 heterocycles. The average Bonchev–Trinajstić information content (AvgIpc) is 2.38. The van der Waals surface area contributed by atoms with E-state index in [1.165, 1.54) is 35.7 Å². The number of benzene rings is 1. The van der Waals surface area contributed by atoms with E-state index in [1.807, 2.05) is 0 Å². The summed E-state index contributed by atoms with van der Waals surface area (Å²) < 4.78 is 0. The molecule has 94 valence electrons. The maximum atomic E-state index is 6.28. The molecule has 0 saturated carbocycles. The van der Waals surface area contributed by atoms with Crippen LogP contribution in [0.1, 0.15) is 23.6 Å². The molecule has 1 atom stereocenters. The molecule has 0 amide bonds. The first-order valence-corrected chi connectivity index (χ1v) is 7.54. The molecule has 1 aliphatic rings. The maximum Gasteiger partial charge on any atom is 0.0309 e. The summed E-state index contributed by atoms with van der Waals surface area (Å²) in [6.07, 6.45) is 1.06. The summed E-state index contributed by atoms with van der Waals surface area (Å²) in [6.45, 7) is 5.74. The van der Waals surface area contributed by atoms with Gasteiger partial charge in [0.15, 0.2) is 0 Å². The number of rotatable bonds is 4. The van der Waals surface area contributed by atoms with Crippen molar-refractivity contribution in [3.8, 4) is 0 Å². The zero-order valence-corrected chi connectivity index (χ0v) is 11.4. The van der Waals surface area contributed by atoms with Crippen molar-refractivity contribution in [1.82, 2.24) is 4.90 Å². The predicted octanol–water partition coefficient (Wildman–Crippen LogP) is 2.43. The van der Waals surface area contributed by atoms with Crippen molar-refractivity contribution in [3.63, 3.8) is 0 Å². The summed E-state index contributed by atoms with van der Waals surface area (Å²) in [7, 11) is 0. The first-order chi connectivity index (χ1) is 8.27. The van der Waals surface area contributed by atoms with Crippen molar-refractivity contribution in [1.29, 1.82) is 0 Å². The van der Waals surface area contributed by atoms with Crippen LogP contribution in [0.15, 0.2) is 24.3 Å². The number of nitrogens with two attached hydrogens (primary N) is 1. The topological polar surface area (TPSA) is 29.3 Å². The van der Waals surface area contributed by atoms with Crippen molar-refractivity contribution in [2.24, 2.45) is 5.73 Å². The highest BCUT2D eigenvalue weighted by Crippen LogP contribution is 2.19. The van der Waals surface area contributed by atoms with E-state index in [4.69, 9.17) is 5.73 Å². The highest BCUT2D eigenvalue weighted by atomic mass is 32.2. The molecule has 17 heavy (non-hydrogen) atoms. The lowest BCUT2D eigenvalue weighted by Crippen LogP contribution is -2.34. The lowest BCUT2D eigenvalue weighted by atomic mass is 9.99. The molecule has 1 aliphatic heterocycles. The van der Waals surface area contributed by atoms with Gasteiger partial charge in [0.25, 0.3) is 0 Å². The van der Waals surface area contributed by atoms with Crippen LogP contribution in [0.4, 0.5) is 0 Å².